The van der Waals surface area contributed by atoms with Gasteiger partial charge in [0.25, 0.3) is 5.91 Å². The molecule has 2 amide bonds. The highest BCUT2D eigenvalue weighted by Gasteiger charge is 2.33. The molecule has 146 valence electrons. The van der Waals surface area contributed by atoms with Crippen LogP contribution in [0.1, 0.15) is 15.9 Å². The number of sulfone groups is 1. The maximum atomic E-state index is 12.9. The summed E-state index contributed by atoms with van der Waals surface area (Å²) in [5, 5.41) is 11.9. The number of rotatable bonds is 8. The van der Waals surface area contributed by atoms with Crippen LogP contribution < -0.4 is 10.6 Å². The van der Waals surface area contributed by atoms with Crippen LogP contribution >= 0.6 is 22.6 Å². The molecular weight excluding hydrogens is 493 g/mol. The molecule has 1 unspecified atom stereocenters. The Morgan fingerprint density at radius 3 is 2.32 bits per heavy atom. The Bertz CT molecular complexity index is 988. The molecule has 2 aromatic carbocycles. The Hall–Kier alpha value is -2.45. The zero-order valence-electron chi connectivity index (χ0n) is 14.8. The minimum absolute atomic E-state index is 0.319. The second kappa shape index (κ2) is 10.2. The molecule has 2 aromatic rings. The van der Waals surface area contributed by atoms with E-state index in [0.29, 0.717) is 11.1 Å². The van der Waals surface area contributed by atoms with Crippen LogP contribution in [0.25, 0.3) is 0 Å². The zero-order chi connectivity index (χ0) is 20.6. The molecule has 9 heteroatoms. The van der Waals surface area contributed by atoms with Gasteiger partial charge in [-0.25, -0.2) is 8.42 Å². The topological polar surface area (TPSA) is 116 Å². The van der Waals surface area contributed by atoms with Crippen molar-refractivity contribution in [3.63, 3.8) is 0 Å². The van der Waals surface area contributed by atoms with E-state index >= 15 is 0 Å². The van der Waals surface area contributed by atoms with Crippen LogP contribution in [-0.4, -0.2) is 38.6 Å². The average molecular weight is 511 g/mol. The molecule has 0 saturated carbocycles. The smallest absolute Gasteiger partial charge is 0.251 e. The van der Waals surface area contributed by atoms with Crippen molar-refractivity contribution in [1.82, 2.24) is 10.6 Å². The molecule has 0 aliphatic heterocycles. The third-order valence-corrected chi connectivity index (χ3v) is 6.88. The lowest BCUT2D eigenvalue weighted by molar-refractivity contribution is -0.120. The normalized spacial score (nSPS) is 11.9. The molecule has 1 atom stereocenters. The van der Waals surface area contributed by atoms with Gasteiger partial charge in [0, 0.05) is 15.7 Å². The van der Waals surface area contributed by atoms with Crippen molar-refractivity contribution in [2.75, 3.05) is 13.1 Å². The standard InChI is InChI=1S/C19H18IN3O4S/c20-16-9-5-4-8-15(16)13-28(26,27)17(19(25)22-11-10-21)12-23-18(24)14-6-2-1-3-7-14/h1-9,17H,11-13H2,(H,22,25)(H,23,24). The van der Waals surface area contributed by atoms with Gasteiger partial charge in [0.2, 0.25) is 5.91 Å². The van der Waals surface area contributed by atoms with Crippen LogP contribution in [0.15, 0.2) is 54.6 Å². The SMILES string of the molecule is N#CCNC(=O)C(CNC(=O)c1ccccc1)S(=O)(=O)Cc1ccccc1I. The Morgan fingerprint density at radius 2 is 1.68 bits per heavy atom. The van der Waals surface area contributed by atoms with E-state index in [2.05, 4.69) is 10.6 Å². The first kappa shape index (κ1) is 21.8. The van der Waals surface area contributed by atoms with Crippen LogP contribution in [0.5, 0.6) is 0 Å². The molecule has 0 radical (unpaired) electrons. The molecule has 0 heterocycles. The highest BCUT2D eigenvalue weighted by Crippen LogP contribution is 2.17. The summed E-state index contributed by atoms with van der Waals surface area (Å²) in [4.78, 5) is 24.6. The lowest BCUT2D eigenvalue weighted by Gasteiger charge is -2.18. The van der Waals surface area contributed by atoms with Crippen molar-refractivity contribution >= 4 is 44.2 Å². The molecule has 0 aromatic heterocycles. The predicted molar refractivity (Wildman–Crippen MR) is 113 cm³/mol. The molecule has 0 fully saturated rings. The van der Waals surface area contributed by atoms with Gasteiger partial charge in [0.1, 0.15) is 6.54 Å². The van der Waals surface area contributed by atoms with Crippen molar-refractivity contribution in [3.8, 4) is 6.07 Å². The molecule has 0 aliphatic carbocycles. The fourth-order valence-electron chi connectivity index (χ4n) is 2.43. The Kier molecular flexibility index (Phi) is 7.95. The van der Waals surface area contributed by atoms with E-state index < -0.39 is 33.4 Å². The Labute approximate surface area is 177 Å². The van der Waals surface area contributed by atoms with Crippen molar-refractivity contribution in [3.05, 3.63) is 69.3 Å². The van der Waals surface area contributed by atoms with Crippen LogP contribution in [0.3, 0.4) is 0 Å². The van der Waals surface area contributed by atoms with Gasteiger partial charge in [-0.15, -0.1) is 0 Å². The van der Waals surface area contributed by atoms with Gasteiger partial charge in [-0.05, 0) is 46.4 Å². The molecule has 2 rings (SSSR count). The highest BCUT2D eigenvalue weighted by molar-refractivity contribution is 14.1. The van der Waals surface area contributed by atoms with E-state index in [1.54, 1.807) is 60.7 Å². The monoisotopic (exact) mass is 511 g/mol. The molecule has 28 heavy (non-hydrogen) atoms. The predicted octanol–water partition coefficient (Wildman–Crippen LogP) is 1.64. The van der Waals surface area contributed by atoms with E-state index in [1.807, 2.05) is 22.6 Å². The van der Waals surface area contributed by atoms with Crippen molar-refractivity contribution in [2.24, 2.45) is 0 Å². The molecule has 7 nitrogen and oxygen atoms in total. The molecular formula is C19H18IN3O4S. The fraction of sp³-hybridized carbons (Fsp3) is 0.211. The van der Waals surface area contributed by atoms with Gasteiger partial charge in [0.15, 0.2) is 15.1 Å². The van der Waals surface area contributed by atoms with E-state index in [-0.39, 0.29) is 12.3 Å². The number of hydrogen-bond acceptors (Lipinski definition) is 5. The number of benzene rings is 2. The van der Waals surface area contributed by atoms with Crippen molar-refractivity contribution in [2.45, 2.75) is 11.0 Å². The van der Waals surface area contributed by atoms with E-state index in [0.717, 1.165) is 3.57 Å². The van der Waals surface area contributed by atoms with Gasteiger partial charge >= 0.3 is 0 Å². The number of hydrogen-bond donors (Lipinski definition) is 2. The summed E-state index contributed by atoms with van der Waals surface area (Å²) in [7, 11) is -3.95. The van der Waals surface area contributed by atoms with Crippen LogP contribution in [0, 0.1) is 14.9 Å². The summed E-state index contributed by atoms with van der Waals surface area (Å²) in [6.07, 6.45) is 0. The number of nitrogens with zero attached hydrogens (tertiary/aromatic N) is 1. The van der Waals surface area contributed by atoms with Gasteiger partial charge < -0.3 is 10.6 Å². The maximum Gasteiger partial charge on any atom is 0.251 e. The second-order valence-electron chi connectivity index (χ2n) is 5.84. The Balaban J connectivity index is 2.20. The van der Waals surface area contributed by atoms with Crippen LogP contribution in [-0.2, 0) is 20.4 Å². The summed E-state index contributed by atoms with van der Waals surface area (Å²) in [5.74, 6) is -1.65. The molecule has 0 bridgehead atoms. The lowest BCUT2D eigenvalue weighted by Crippen LogP contribution is -2.47. The van der Waals surface area contributed by atoms with E-state index in [4.69, 9.17) is 5.26 Å². The summed E-state index contributed by atoms with van der Waals surface area (Å²) in [6.45, 7) is -0.711. The van der Waals surface area contributed by atoms with Gasteiger partial charge in [-0.2, -0.15) is 5.26 Å². The number of carbonyl (C=O) groups excluding carboxylic acids is 2. The number of amides is 2. The molecule has 2 N–H and O–H groups in total. The highest BCUT2D eigenvalue weighted by atomic mass is 127. The van der Waals surface area contributed by atoms with E-state index in [9.17, 15) is 18.0 Å². The first-order valence-electron chi connectivity index (χ1n) is 8.28. The third-order valence-electron chi connectivity index (χ3n) is 3.87. The summed E-state index contributed by atoms with van der Waals surface area (Å²) >= 11 is 2.03. The maximum absolute atomic E-state index is 12.9. The number of nitrogens with one attached hydrogen (secondary N) is 2. The second-order valence-corrected chi connectivity index (χ2v) is 9.18. The first-order valence-corrected chi connectivity index (χ1v) is 11.1. The van der Waals surface area contributed by atoms with Gasteiger partial charge in [-0.1, -0.05) is 36.4 Å². The van der Waals surface area contributed by atoms with Crippen LogP contribution in [0.2, 0.25) is 0 Å². The zero-order valence-corrected chi connectivity index (χ0v) is 17.7. The molecule has 0 aliphatic rings. The quantitative estimate of drug-likeness (QED) is 0.413. The first-order chi connectivity index (χ1) is 13.3. The molecule has 0 saturated heterocycles. The molecule has 0 spiro atoms. The minimum Gasteiger partial charge on any atom is -0.350 e. The van der Waals surface area contributed by atoms with Gasteiger partial charge in [0.05, 0.1) is 11.8 Å². The fourth-order valence-corrected chi connectivity index (χ4v) is 4.90. The lowest BCUT2D eigenvalue weighted by atomic mass is 10.2. The summed E-state index contributed by atoms with van der Waals surface area (Å²) in [5.41, 5.74) is 0.921. The number of halogens is 1. The minimum atomic E-state index is -3.95. The van der Waals surface area contributed by atoms with Crippen molar-refractivity contribution < 1.29 is 18.0 Å². The number of nitriles is 1. The summed E-state index contributed by atoms with van der Waals surface area (Å²) < 4.78 is 26.6. The largest absolute Gasteiger partial charge is 0.350 e. The summed E-state index contributed by atoms with van der Waals surface area (Å²) in [6, 6.07) is 17.0. The Morgan fingerprint density at radius 1 is 1.04 bits per heavy atom. The average Bonchev–Trinajstić information content (AvgIpc) is 2.68. The third kappa shape index (κ3) is 6.03. The number of carbonyl (C=O) groups is 2. The van der Waals surface area contributed by atoms with E-state index in [1.165, 1.54) is 0 Å². The van der Waals surface area contributed by atoms with Gasteiger partial charge in [-0.3, -0.25) is 9.59 Å². The van der Waals surface area contributed by atoms with Crippen molar-refractivity contribution in [1.29, 1.82) is 5.26 Å². The van der Waals surface area contributed by atoms with Crippen LogP contribution in [0.4, 0.5) is 0 Å².